The Balaban J connectivity index is 1.75. The van der Waals surface area contributed by atoms with E-state index in [4.69, 9.17) is 17.3 Å². The number of nitrogens with zero attached hydrogens (tertiary/aromatic N) is 1. The molecule has 3 rings (SSSR count). The van der Waals surface area contributed by atoms with Crippen LogP contribution in [-0.2, 0) is 0 Å². The topological polar surface area (TPSA) is 46.3 Å². The van der Waals surface area contributed by atoms with Crippen molar-refractivity contribution in [3.05, 3.63) is 34.3 Å². The lowest BCUT2D eigenvalue weighted by Gasteiger charge is -2.27. The summed E-state index contributed by atoms with van der Waals surface area (Å²) in [6.07, 6.45) is 3.29. The summed E-state index contributed by atoms with van der Waals surface area (Å²) < 4.78 is 0. The second-order valence-electron chi connectivity index (χ2n) is 6.29. The predicted molar refractivity (Wildman–Crippen MR) is 80.9 cm³/mol. The Hall–Kier alpha value is -1.06. The summed E-state index contributed by atoms with van der Waals surface area (Å²) in [6.45, 7) is 3.67. The van der Waals surface area contributed by atoms with Crippen LogP contribution in [0.15, 0.2) is 18.2 Å². The van der Waals surface area contributed by atoms with Gasteiger partial charge in [0, 0.05) is 19.1 Å². The van der Waals surface area contributed by atoms with Gasteiger partial charge in [-0.25, -0.2) is 0 Å². The first kappa shape index (κ1) is 13.9. The Morgan fingerprint density at radius 1 is 1.30 bits per heavy atom. The van der Waals surface area contributed by atoms with Gasteiger partial charge in [0.2, 0.25) is 0 Å². The average Bonchev–Trinajstić information content (AvgIpc) is 2.81. The molecule has 2 N–H and O–H groups in total. The number of nitrogens with two attached hydrogens (primary N) is 1. The second-order valence-corrected chi connectivity index (χ2v) is 6.69. The van der Waals surface area contributed by atoms with Crippen LogP contribution in [0.1, 0.15) is 35.2 Å². The van der Waals surface area contributed by atoms with E-state index in [-0.39, 0.29) is 5.91 Å². The summed E-state index contributed by atoms with van der Waals surface area (Å²) in [6, 6.07) is 5.95. The number of hydrogen-bond acceptors (Lipinski definition) is 2. The van der Waals surface area contributed by atoms with Crippen LogP contribution in [0.25, 0.3) is 0 Å². The van der Waals surface area contributed by atoms with Gasteiger partial charge in [0.05, 0.1) is 10.6 Å². The highest BCUT2D eigenvalue weighted by Gasteiger charge is 2.38. The molecule has 1 aliphatic carbocycles. The summed E-state index contributed by atoms with van der Waals surface area (Å²) in [5.41, 5.74) is 7.74. The minimum absolute atomic E-state index is 0.0676. The quantitative estimate of drug-likeness (QED) is 0.865. The number of halogens is 1. The summed E-state index contributed by atoms with van der Waals surface area (Å²) in [5.74, 6) is 1.27. The number of carbonyl (C=O) groups excluding carboxylic acids is 1. The van der Waals surface area contributed by atoms with Gasteiger partial charge in [-0.3, -0.25) is 4.79 Å². The van der Waals surface area contributed by atoms with Crippen molar-refractivity contribution in [1.29, 1.82) is 0 Å². The molecule has 1 heterocycles. The van der Waals surface area contributed by atoms with Crippen molar-refractivity contribution in [3.63, 3.8) is 0 Å². The Morgan fingerprint density at radius 3 is 2.80 bits per heavy atom. The number of rotatable bonds is 1. The Kier molecular flexibility index (Phi) is 3.74. The third-order valence-corrected chi connectivity index (χ3v) is 5.05. The molecule has 0 aromatic heterocycles. The first-order valence-corrected chi connectivity index (χ1v) is 7.73. The predicted octanol–water partition coefficient (Wildman–Crippen LogP) is 2.85. The van der Waals surface area contributed by atoms with Crippen LogP contribution in [0.2, 0.25) is 5.02 Å². The smallest absolute Gasteiger partial charge is 0.255 e. The van der Waals surface area contributed by atoms with E-state index >= 15 is 0 Å². The van der Waals surface area contributed by atoms with E-state index in [1.165, 1.54) is 0 Å². The maximum atomic E-state index is 12.6. The fourth-order valence-corrected chi connectivity index (χ4v) is 3.91. The molecule has 0 bridgehead atoms. The van der Waals surface area contributed by atoms with Crippen molar-refractivity contribution in [2.75, 3.05) is 13.1 Å². The highest BCUT2D eigenvalue weighted by molar-refractivity contribution is 6.33. The summed E-state index contributed by atoms with van der Waals surface area (Å²) >= 11 is 6.21. The van der Waals surface area contributed by atoms with Crippen LogP contribution in [0.5, 0.6) is 0 Å². The fraction of sp³-hybridized carbons (Fsp3) is 0.562. The molecule has 1 saturated carbocycles. The lowest BCUT2D eigenvalue weighted by atomic mass is 9.79. The van der Waals surface area contributed by atoms with E-state index < -0.39 is 0 Å². The molecular formula is C16H21ClN2O. The molecule has 1 aliphatic heterocycles. The van der Waals surface area contributed by atoms with Gasteiger partial charge in [-0.1, -0.05) is 17.7 Å². The van der Waals surface area contributed by atoms with Crippen LogP contribution in [0.4, 0.5) is 0 Å². The number of aryl methyl sites for hydroxylation is 1. The van der Waals surface area contributed by atoms with Gasteiger partial charge >= 0.3 is 0 Å². The van der Waals surface area contributed by atoms with Crippen LogP contribution >= 0.6 is 11.6 Å². The molecule has 1 aromatic carbocycles. The summed E-state index contributed by atoms with van der Waals surface area (Å²) in [7, 11) is 0. The zero-order valence-electron chi connectivity index (χ0n) is 11.8. The van der Waals surface area contributed by atoms with E-state index in [1.807, 2.05) is 30.0 Å². The van der Waals surface area contributed by atoms with Crippen molar-refractivity contribution in [2.24, 2.45) is 17.6 Å². The zero-order valence-corrected chi connectivity index (χ0v) is 12.6. The minimum Gasteiger partial charge on any atom is -0.338 e. The SMILES string of the molecule is Cc1ccc(C(=O)N2C[C@H]3CCC(N)C[C@H]3C2)c(Cl)c1. The third-order valence-electron chi connectivity index (χ3n) is 4.73. The molecule has 0 spiro atoms. The van der Waals surface area contributed by atoms with Crippen molar-refractivity contribution < 1.29 is 4.79 Å². The molecule has 3 atom stereocenters. The highest BCUT2D eigenvalue weighted by Crippen LogP contribution is 2.36. The van der Waals surface area contributed by atoms with Gasteiger partial charge in [0.25, 0.3) is 5.91 Å². The lowest BCUT2D eigenvalue weighted by Crippen LogP contribution is -2.32. The number of likely N-dealkylation sites (tertiary alicyclic amines) is 1. The Bertz CT molecular complexity index is 531. The van der Waals surface area contributed by atoms with Crippen molar-refractivity contribution in [1.82, 2.24) is 4.90 Å². The Labute approximate surface area is 125 Å². The average molecular weight is 293 g/mol. The van der Waals surface area contributed by atoms with Crippen LogP contribution in [-0.4, -0.2) is 29.9 Å². The molecule has 2 aliphatic rings. The van der Waals surface area contributed by atoms with Crippen LogP contribution < -0.4 is 5.73 Å². The van der Waals surface area contributed by atoms with Gasteiger partial charge in [0.15, 0.2) is 0 Å². The van der Waals surface area contributed by atoms with E-state index in [0.29, 0.717) is 28.5 Å². The van der Waals surface area contributed by atoms with E-state index in [0.717, 1.165) is 37.9 Å². The molecule has 20 heavy (non-hydrogen) atoms. The zero-order chi connectivity index (χ0) is 14.3. The maximum absolute atomic E-state index is 12.6. The van der Waals surface area contributed by atoms with Crippen molar-refractivity contribution in [2.45, 2.75) is 32.2 Å². The third kappa shape index (κ3) is 2.57. The van der Waals surface area contributed by atoms with Gasteiger partial charge in [-0.2, -0.15) is 0 Å². The molecule has 2 fully saturated rings. The van der Waals surface area contributed by atoms with E-state index in [1.54, 1.807) is 0 Å². The molecule has 1 aromatic rings. The molecule has 0 radical (unpaired) electrons. The summed E-state index contributed by atoms with van der Waals surface area (Å²) in [5, 5.41) is 0.557. The number of benzene rings is 1. The second kappa shape index (κ2) is 5.38. The highest BCUT2D eigenvalue weighted by atomic mass is 35.5. The molecule has 1 saturated heterocycles. The molecule has 1 unspecified atom stereocenters. The van der Waals surface area contributed by atoms with E-state index in [9.17, 15) is 4.79 Å². The van der Waals surface area contributed by atoms with Gasteiger partial charge in [-0.05, 0) is 55.7 Å². The monoisotopic (exact) mass is 292 g/mol. The van der Waals surface area contributed by atoms with Gasteiger partial charge < -0.3 is 10.6 Å². The lowest BCUT2D eigenvalue weighted by molar-refractivity contribution is 0.0784. The number of fused-ring (bicyclic) bond motifs is 1. The number of carbonyl (C=O) groups is 1. The molecule has 3 nitrogen and oxygen atoms in total. The first-order chi connectivity index (χ1) is 9.54. The van der Waals surface area contributed by atoms with E-state index in [2.05, 4.69) is 0 Å². The number of amides is 1. The fourth-order valence-electron chi connectivity index (χ4n) is 3.60. The standard InChI is InChI=1S/C16H21ClN2O/c1-10-2-5-14(15(17)6-10)16(20)19-8-11-3-4-13(18)7-12(11)9-19/h2,5-6,11-13H,3-4,7-9,18H2,1H3/t11-,12+,13?/m1/s1. The molecule has 1 amide bonds. The normalized spacial score (nSPS) is 29.4. The van der Waals surface area contributed by atoms with Gasteiger partial charge in [-0.15, -0.1) is 0 Å². The van der Waals surface area contributed by atoms with Crippen molar-refractivity contribution >= 4 is 17.5 Å². The maximum Gasteiger partial charge on any atom is 0.255 e. The summed E-state index contributed by atoms with van der Waals surface area (Å²) in [4.78, 5) is 14.6. The molecule has 4 heteroatoms. The minimum atomic E-state index is 0.0676. The van der Waals surface area contributed by atoms with Crippen LogP contribution in [0, 0.1) is 18.8 Å². The van der Waals surface area contributed by atoms with Crippen LogP contribution in [0.3, 0.4) is 0 Å². The largest absolute Gasteiger partial charge is 0.338 e. The first-order valence-electron chi connectivity index (χ1n) is 7.35. The molecular weight excluding hydrogens is 272 g/mol. The Morgan fingerprint density at radius 2 is 2.05 bits per heavy atom. The van der Waals surface area contributed by atoms with Crippen molar-refractivity contribution in [3.8, 4) is 0 Å². The van der Waals surface area contributed by atoms with Gasteiger partial charge in [0.1, 0.15) is 0 Å². The number of hydrogen-bond donors (Lipinski definition) is 1. The molecule has 108 valence electrons.